The molecule has 6 aromatic carbocycles. The molecule has 90 heavy (non-hydrogen) atoms. The van der Waals surface area contributed by atoms with Gasteiger partial charge >= 0.3 is 17.9 Å². The van der Waals surface area contributed by atoms with Crippen LogP contribution in [0.4, 0.5) is 0 Å². The summed E-state index contributed by atoms with van der Waals surface area (Å²) in [7, 11) is -7.34. The number of halogens is 7. The Morgan fingerprint density at radius 1 is 0.522 bits per heavy atom. The molecule has 0 aromatic heterocycles. The second-order valence-corrected chi connectivity index (χ2v) is 29.4. The predicted molar refractivity (Wildman–Crippen MR) is 350 cm³/mol. The number of fused-ring (bicyclic) bond motifs is 3. The van der Waals surface area contributed by atoms with Crippen molar-refractivity contribution < 1.29 is 68.9 Å². The van der Waals surface area contributed by atoms with Gasteiger partial charge in [-0.25, -0.2) is 34.8 Å². The molecule has 3 atom stereocenters. The maximum absolute atomic E-state index is 13.1. The first-order valence-corrected chi connectivity index (χ1v) is 35.3. The van der Waals surface area contributed by atoms with Crippen molar-refractivity contribution in [2.75, 3.05) is 52.6 Å². The molecule has 0 unspecified atom stereocenters. The predicted octanol–water partition coefficient (Wildman–Crippen LogP) is 11.6. The van der Waals surface area contributed by atoms with E-state index in [1.807, 2.05) is 38.1 Å². The zero-order valence-electron chi connectivity index (χ0n) is 50.0. The molecule has 0 spiro atoms. The number of hydrogen-bond donors (Lipinski definition) is 3. The first kappa shape index (κ1) is 75.2. The van der Waals surface area contributed by atoms with Gasteiger partial charge in [-0.2, -0.15) is 0 Å². The number of aliphatic hydroxyl groups is 1. The number of benzene rings is 6. The highest BCUT2D eigenvalue weighted by Crippen LogP contribution is 2.38. The summed E-state index contributed by atoms with van der Waals surface area (Å²) in [6, 6.07) is 24.5. The molecule has 0 saturated carbocycles. The number of aliphatic hydroxyl groups excluding tert-OH is 1. The average molecular weight is 1440 g/mol. The topological polar surface area (TPSA) is 265 Å². The van der Waals surface area contributed by atoms with Crippen LogP contribution >= 0.6 is 82.0 Å². The smallest absolute Gasteiger partial charge is 0.339 e. The van der Waals surface area contributed by atoms with Gasteiger partial charge in [0, 0.05) is 58.5 Å². The van der Waals surface area contributed by atoms with Crippen molar-refractivity contribution in [3.8, 4) is 0 Å². The van der Waals surface area contributed by atoms with E-state index < -0.39 is 47.4 Å². The minimum Gasteiger partial charge on any atom is -0.481 e. The van der Waals surface area contributed by atoms with Gasteiger partial charge in [0.05, 0.1) is 93.1 Å². The number of carboxylic acid groups (broad SMARTS) is 1. The number of methoxy groups -OCH3 is 2. The Balaban J connectivity index is 0.000000227. The highest BCUT2D eigenvalue weighted by molar-refractivity contribution is 7.91. The summed E-state index contributed by atoms with van der Waals surface area (Å²) in [5.74, 6) is -2.69. The van der Waals surface area contributed by atoms with Gasteiger partial charge in [0.1, 0.15) is 0 Å². The minimum absolute atomic E-state index is 0. The molecule has 28 heteroatoms. The molecule has 3 aliphatic heterocycles. The fourth-order valence-electron chi connectivity index (χ4n) is 10.8. The standard InChI is InChI=1S/C21H21Cl2NO5S.C20H21Cl2NO4S.C11H15NO2S.C10H8Cl2O4.ClH/c1-12-13-5-4-6-18(30(3,27)28)14(13)9-10-24(12)19(25)11-16-17(22)8-7-15(20(16)23)21(26)29-2;1-12-14-4-3-5-18(28(2,26)27)15(14)8-9-23(12)19(25)10-16-17(21)7-6-13(11-24)20(16)22;1-8-9-4-3-5-11(15(2,13)14)10(9)6-7-12-8;1-16-10(15)5-2-3-7(11)6(9(5)12)4-8(13)14;/h4-8,12H,9-11H2,1-3H3;3-7,12,24H,8-11H2,1-2H3;3-5,8,12H,6-7H2,1-2H3;2-3H,4H2,1H3,(H,13,14);1H/t2*12-;8-;;/m000../s1. The molecule has 6 aromatic rings. The summed E-state index contributed by atoms with van der Waals surface area (Å²) in [5, 5.41) is 22.6. The maximum atomic E-state index is 13.1. The summed E-state index contributed by atoms with van der Waals surface area (Å²) >= 11 is 36.8. The number of amides is 2. The van der Waals surface area contributed by atoms with Crippen molar-refractivity contribution in [3.05, 3.63) is 188 Å². The van der Waals surface area contributed by atoms with Crippen molar-refractivity contribution >= 4 is 141 Å². The number of esters is 2. The van der Waals surface area contributed by atoms with Crippen LogP contribution in [0.2, 0.25) is 30.1 Å². The van der Waals surface area contributed by atoms with E-state index in [-0.39, 0.29) is 105 Å². The fourth-order valence-corrected chi connectivity index (χ4v) is 15.5. The quantitative estimate of drug-likeness (QED) is 0.0962. The van der Waals surface area contributed by atoms with Crippen LogP contribution < -0.4 is 5.32 Å². The zero-order valence-corrected chi connectivity index (χ0v) is 57.8. The molecule has 18 nitrogen and oxygen atoms in total. The van der Waals surface area contributed by atoms with Crippen LogP contribution in [-0.2, 0) is 98.5 Å². The Morgan fingerprint density at radius 2 is 0.878 bits per heavy atom. The number of sulfone groups is 3. The lowest BCUT2D eigenvalue weighted by atomic mass is 9.93. The largest absolute Gasteiger partial charge is 0.481 e. The number of nitrogens with zero attached hydrogens (tertiary/aromatic N) is 2. The summed E-state index contributed by atoms with van der Waals surface area (Å²) in [4.78, 5) is 64.4. The van der Waals surface area contributed by atoms with E-state index >= 15 is 0 Å². The van der Waals surface area contributed by atoms with Crippen molar-refractivity contribution in [1.29, 1.82) is 0 Å². The SMILES string of the molecule is COC(=O)c1ccc(Cl)c(CC(=O)N2CCc3c(cccc3S(C)(=O)=O)[C@@H]2C)c1Cl.COC(=O)c1ccc(Cl)c(CC(=O)O)c1Cl.C[C@@H]1NCCc2c1cccc2S(C)(=O)=O.C[C@H]1c2cccc(S(C)(=O)=O)c2CCN1C(=O)Cc1c(Cl)ccc(CO)c1Cl.Cl. The van der Waals surface area contributed by atoms with Crippen LogP contribution in [0.15, 0.2) is 106 Å². The van der Waals surface area contributed by atoms with Crippen molar-refractivity contribution in [1.82, 2.24) is 15.1 Å². The Kier molecular flexibility index (Phi) is 26.6. The van der Waals surface area contributed by atoms with Gasteiger partial charge in [0.2, 0.25) is 11.8 Å². The molecule has 486 valence electrons. The summed E-state index contributed by atoms with van der Waals surface area (Å²) in [5.41, 5.74) is 7.09. The maximum Gasteiger partial charge on any atom is 0.339 e. The number of hydrogen-bond acceptors (Lipinski definition) is 15. The van der Waals surface area contributed by atoms with Crippen molar-refractivity contribution in [3.63, 3.8) is 0 Å². The van der Waals surface area contributed by atoms with Crippen molar-refractivity contribution in [2.45, 2.75) is 98.7 Å². The lowest BCUT2D eigenvalue weighted by Gasteiger charge is -2.36. The van der Waals surface area contributed by atoms with E-state index in [1.54, 1.807) is 52.3 Å². The molecule has 3 aliphatic rings. The Morgan fingerprint density at radius 3 is 1.24 bits per heavy atom. The van der Waals surface area contributed by atoms with Gasteiger partial charge in [-0.1, -0.05) is 112 Å². The molecule has 0 radical (unpaired) electrons. The van der Waals surface area contributed by atoms with Crippen LogP contribution in [0.3, 0.4) is 0 Å². The van der Waals surface area contributed by atoms with Crippen LogP contribution in [0, 0.1) is 0 Å². The number of carbonyl (C=O) groups excluding carboxylic acids is 4. The Bertz CT molecular complexity index is 4100. The van der Waals surface area contributed by atoms with Crippen LogP contribution in [-0.4, -0.2) is 128 Å². The van der Waals surface area contributed by atoms with E-state index in [4.69, 9.17) is 79.4 Å². The molecule has 2 amide bonds. The first-order chi connectivity index (χ1) is 41.7. The second-order valence-electron chi connectivity index (χ2n) is 21.1. The fraction of sp³-hybridized carbons (Fsp3) is 0.339. The number of rotatable bonds is 12. The molecule has 0 fully saturated rings. The average Bonchev–Trinajstić information content (AvgIpc) is 1.35. The number of aliphatic carboxylic acids is 1. The number of carboxylic acids is 1. The monoisotopic (exact) mass is 1430 g/mol. The molecular weight excluding hydrogens is 1370 g/mol. The van der Waals surface area contributed by atoms with Gasteiger partial charge in [-0.15, -0.1) is 12.4 Å². The van der Waals surface area contributed by atoms with Crippen LogP contribution in [0.1, 0.15) is 115 Å². The first-order valence-electron chi connectivity index (χ1n) is 27.3. The van der Waals surface area contributed by atoms with Crippen LogP contribution in [0.25, 0.3) is 0 Å². The van der Waals surface area contributed by atoms with Gasteiger partial charge in [0.25, 0.3) is 0 Å². The lowest BCUT2D eigenvalue weighted by Crippen LogP contribution is -2.40. The number of ether oxygens (including phenoxy) is 2. The summed E-state index contributed by atoms with van der Waals surface area (Å²) in [6.45, 7) is 7.19. The molecule has 0 bridgehead atoms. The molecule has 0 aliphatic carbocycles. The van der Waals surface area contributed by atoms with E-state index in [0.29, 0.717) is 67.4 Å². The molecule has 3 heterocycles. The number of nitrogens with one attached hydrogen (secondary N) is 1. The van der Waals surface area contributed by atoms with Gasteiger partial charge in [-0.05, 0) is 145 Å². The highest BCUT2D eigenvalue weighted by Gasteiger charge is 2.34. The Labute approximate surface area is 560 Å². The van der Waals surface area contributed by atoms with Crippen molar-refractivity contribution in [2.24, 2.45) is 0 Å². The molecule has 9 rings (SSSR count). The van der Waals surface area contributed by atoms with E-state index in [9.17, 15) is 54.3 Å². The van der Waals surface area contributed by atoms with Gasteiger partial charge in [-0.3, -0.25) is 14.4 Å². The third-order valence-electron chi connectivity index (χ3n) is 15.3. The molecule has 0 saturated heterocycles. The molecular formula is C62H66Cl7N3O15S3. The minimum atomic E-state index is -3.36. The van der Waals surface area contributed by atoms with Crippen LogP contribution in [0.5, 0.6) is 0 Å². The van der Waals surface area contributed by atoms with Gasteiger partial charge < -0.3 is 34.8 Å². The van der Waals surface area contributed by atoms with E-state index in [2.05, 4.69) is 17.0 Å². The second kappa shape index (κ2) is 31.9. The lowest BCUT2D eigenvalue weighted by molar-refractivity contribution is -0.136. The third kappa shape index (κ3) is 17.8. The molecule has 3 N–H and O–H groups in total. The Hall–Kier alpha value is -5.53. The van der Waals surface area contributed by atoms with E-state index in [0.717, 1.165) is 46.3 Å². The summed E-state index contributed by atoms with van der Waals surface area (Å²) in [6.07, 6.45) is 4.92. The third-order valence-corrected chi connectivity index (χ3v) is 21.2. The van der Waals surface area contributed by atoms with Gasteiger partial charge in [0.15, 0.2) is 29.5 Å². The number of carbonyl (C=O) groups is 5. The highest BCUT2D eigenvalue weighted by atomic mass is 35.5. The van der Waals surface area contributed by atoms with E-state index in [1.165, 1.54) is 57.3 Å². The zero-order chi connectivity index (χ0) is 66.2. The normalized spacial score (nSPS) is 15.9. The summed E-state index contributed by atoms with van der Waals surface area (Å²) < 4.78 is 80.8.